The van der Waals surface area contributed by atoms with Crippen molar-refractivity contribution in [1.29, 1.82) is 0 Å². The molecule has 0 fully saturated rings. The molecule has 4 atom stereocenters. The van der Waals surface area contributed by atoms with Crippen molar-refractivity contribution in [2.75, 3.05) is 6.54 Å². The zero-order chi connectivity index (χ0) is 28.1. The van der Waals surface area contributed by atoms with Gasteiger partial charge in [-0.15, -0.1) is 0 Å². The second kappa shape index (κ2) is 14.9. The minimum absolute atomic E-state index is 0.00561. The molecule has 0 aliphatic carbocycles. The van der Waals surface area contributed by atoms with Gasteiger partial charge in [0.25, 0.3) is 0 Å². The standard InChI is InChI=1S/C22H33N7O8/c1-11(27-19(34)14(23)10-17(31)32)18(33)29-16(9-12-4-6-13(30)7-5-12)20(35)28-15(21(36)37)3-2-8-26-22(24)25/h4-7,11,14-16,30H,2-3,8-10,23H2,1H3,(H,27,34)(H,28,35)(H,29,33)(H,31,32)(H,36,37)(H4,24,25,26). The normalized spacial score (nSPS) is 13.8. The van der Waals surface area contributed by atoms with Crippen LogP contribution in [0.25, 0.3) is 0 Å². The zero-order valence-corrected chi connectivity index (χ0v) is 20.2. The number of hydrogen-bond acceptors (Lipinski definition) is 8. The number of hydrogen-bond donors (Lipinski definition) is 9. The highest BCUT2D eigenvalue weighted by atomic mass is 16.4. The van der Waals surface area contributed by atoms with E-state index in [0.717, 1.165) is 0 Å². The van der Waals surface area contributed by atoms with Gasteiger partial charge in [-0.05, 0) is 37.5 Å². The van der Waals surface area contributed by atoms with Crippen LogP contribution >= 0.6 is 0 Å². The molecular formula is C22H33N7O8. The fraction of sp³-hybridized carbons (Fsp3) is 0.455. The highest BCUT2D eigenvalue weighted by molar-refractivity contribution is 5.94. The maximum absolute atomic E-state index is 13.0. The van der Waals surface area contributed by atoms with E-state index in [1.54, 1.807) is 0 Å². The summed E-state index contributed by atoms with van der Waals surface area (Å²) in [5.41, 5.74) is 16.5. The summed E-state index contributed by atoms with van der Waals surface area (Å²) in [6, 6.07) is 0.640. The third kappa shape index (κ3) is 11.7. The van der Waals surface area contributed by atoms with Crippen LogP contribution in [0.4, 0.5) is 0 Å². The van der Waals surface area contributed by atoms with Crippen LogP contribution in [0.5, 0.6) is 5.75 Å². The number of carboxylic acids is 2. The monoisotopic (exact) mass is 523 g/mol. The molecule has 0 aliphatic rings. The summed E-state index contributed by atoms with van der Waals surface area (Å²) in [4.78, 5) is 63.9. The summed E-state index contributed by atoms with van der Waals surface area (Å²) in [5, 5.41) is 34.9. The van der Waals surface area contributed by atoms with E-state index < -0.39 is 60.2 Å². The number of aliphatic imine (C=N–C) groups is 1. The minimum atomic E-state index is -1.39. The third-order valence-corrected chi connectivity index (χ3v) is 5.05. The SMILES string of the molecule is CC(NC(=O)C(N)CC(=O)O)C(=O)NC(Cc1ccc(O)cc1)C(=O)NC(CCCN=C(N)N)C(=O)O. The molecule has 0 heterocycles. The third-order valence-electron chi connectivity index (χ3n) is 5.05. The van der Waals surface area contributed by atoms with Gasteiger partial charge in [0.2, 0.25) is 17.7 Å². The van der Waals surface area contributed by atoms with E-state index in [4.69, 9.17) is 22.3 Å². The maximum atomic E-state index is 13.0. The fourth-order valence-electron chi connectivity index (χ4n) is 3.07. The van der Waals surface area contributed by atoms with Gasteiger partial charge in [0.15, 0.2) is 5.96 Å². The number of amides is 3. The van der Waals surface area contributed by atoms with Crippen molar-refractivity contribution in [3.05, 3.63) is 29.8 Å². The molecule has 37 heavy (non-hydrogen) atoms. The highest BCUT2D eigenvalue weighted by Gasteiger charge is 2.29. The Kier molecular flexibility index (Phi) is 12.3. The average molecular weight is 524 g/mol. The van der Waals surface area contributed by atoms with Crippen molar-refractivity contribution >= 4 is 35.6 Å². The lowest BCUT2D eigenvalue weighted by Gasteiger charge is -2.24. The zero-order valence-electron chi connectivity index (χ0n) is 20.2. The Bertz CT molecular complexity index is 995. The first-order valence-electron chi connectivity index (χ1n) is 11.2. The Balaban J connectivity index is 2.97. The second-order valence-corrected chi connectivity index (χ2v) is 8.21. The number of aliphatic carboxylic acids is 2. The van der Waals surface area contributed by atoms with Crippen LogP contribution in [0, 0.1) is 0 Å². The van der Waals surface area contributed by atoms with Gasteiger partial charge in [0, 0.05) is 13.0 Å². The van der Waals surface area contributed by atoms with Gasteiger partial charge in [-0.3, -0.25) is 24.2 Å². The lowest BCUT2D eigenvalue weighted by Crippen LogP contribution is -2.57. The Morgan fingerprint density at radius 2 is 1.51 bits per heavy atom. The first-order chi connectivity index (χ1) is 17.3. The number of carbonyl (C=O) groups excluding carboxylic acids is 3. The molecule has 204 valence electrons. The van der Waals surface area contributed by atoms with Gasteiger partial charge in [0.05, 0.1) is 12.5 Å². The molecule has 3 amide bonds. The molecule has 15 nitrogen and oxygen atoms in total. The van der Waals surface area contributed by atoms with Crippen LogP contribution < -0.4 is 33.2 Å². The van der Waals surface area contributed by atoms with Crippen molar-refractivity contribution in [2.45, 2.75) is 56.8 Å². The molecule has 0 saturated carbocycles. The highest BCUT2D eigenvalue weighted by Crippen LogP contribution is 2.12. The van der Waals surface area contributed by atoms with Gasteiger partial charge in [-0.2, -0.15) is 0 Å². The van der Waals surface area contributed by atoms with E-state index in [9.17, 15) is 34.2 Å². The number of benzene rings is 1. The predicted octanol–water partition coefficient (Wildman–Crippen LogP) is -2.65. The molecule has 0 bridgehead atoms. The van der Waals surface area contributed by atoms with E-state index >= 15 is 0 Å². The number of rotatable bonds is 15. The maximum Gasteiger partial charge on any atom is 0.326 e. The van der Waals surface area contributed by atoms with E-state index in [-0.39, 0.29) is 37.5 Å². The van der Waals surface area contributed by atoms with Crippen molar-refractivity contribution in [3.63, 3.8) is 0 Å². The molecule has 1 aromatic carbocycles. The Morgan fingerprint density at radius 3 is 2.05 bits per heavy atom. The summed E-state index contributed by atoms with van der Waals surface area (Å²) >= 11 is 0. The molecule has 15 heteroatoms. The van der Waals surface area contributed by atoms with Crippen LogP contribution in [0.3, 0.4) is 0 Å². The number of nitrogens with zero attached hydrogens (tertiary/aromatic N) is 1. The van der Waals surface area contributed by atoms with Crippen molar-refractivity contribution in [2.24, 2.45) is 22.2 Å². The number of carboxylic acid groups (broad SMARTS) is 2. The fourth-order valence-corrected chi connectivity index (χ4v) is 3.07. The Labute approximate surface area is 212 Å². The molecule has 1 aromatic rings. The van der Waals surface area contributed by atoms with Crippen LogP contribution in [-0.4, -0.2) is 81.7 Å². The number of nitrogens with two attached hydrogens (primary N) is 3. The Morgan fingerprint density at radius 1 is 0.919 bits per heavy atom. The Hall–Kier alpha value is -4.40. The number of nitrogens with one attached hydrogen (secondary N) is 3. The summed E-state index contributed by atoms with van der Waals surface area (Å²) in [5.74, 6) is -5.26. The van der Waals surface area contributed by atoms with E-state index in [1.807, 2.05) is 0 Å². The largest absolute Gasteiger partial charge is 0.508 e. The number of aromatic hydroxyl groups is 1. The van der Waals surface area contributed by atoms with Gasteiger partial charge < -0.3 is 48.5 Å². The average Bonchev–Trinajstić information content (AvgIpc) is 2.80. The van der Waals surface area contributed by atoms with Crippen molar-refractivity contribution < 1.29 is 39.3 Å². The number of guanidine groups is 1. The van der Waals surface area contributed by atoms with E-state index in [2.05, 4.69) is 20.9 Å². The van der Waals surface area contributed by atoms with Gasteiger partial charge in [-0.25, -0.2) is 4.79 Å². The lowest BCUT2D eigenvalue weighted by atomic mass is 10.0. The van der Waals surface area contributed by atoms with Crippen LogP contribution in [0.2, 0.25) is 0 Å². The molecule has 0 saturated heterocycles. The summed E-state index contributed by atoms with van der Waals surface area (Å²) in [6.45, 7) is 1.46. The molecule has 0 aliphatic heterocycles. The van der Waals surface area contributed by atoms with Crippen LogP contribution in [-0.2, 0) is 30.4 Å². The number of carbonyl (C=O) groups is 5. The minimum Gasteiger partial charge on any atom is -0.508 e. The summed E-state index contributed by atoms with van der Waals surface area (Å²) in [7, 11) is 0. The van der Waals surface area contributed by atoms with Crippen LogP contribution in [0.15, 0.2) is 29.3 Å². The number of phenols is 1. The molecule has 0 radical (unpaired) electrons. The first-order valence-corrected chi connectivity index (χ1v) is 11.2. The van der Waals surface area contributed by atoms with Gasteiger partial charge in [-0.1, -0.05) is 12.1 Å². The predicted molar refractivity (Wildman–Crippen MR) is 131 cm³/mol. The van der Waals surface area contributed by atoms with E-state index in [0.29, 0.717) is 5.56 Å². The molecule has 12 N–H and O–H groups in total. The number of phenolic OH excluding ortho intramolecular Hbond substituents is 1. The van der Waals surface area contributed by atoms with Gasteiger partial charge >= 0.3 is 11.9 Å². The van der Waals surface area contributed by atoms with Gasteiger partial charge in [0.1, 0.15) is 23.9 Å². The van der Waals surface area contributed by atoms with Crippen LogP contribution in [0.1, 0.15) is 31.7 Å². The molecule has 1 rings (SSSR count). The van der Waals surface area contributed by atoms with Crippen molar-refractivity contribution in [1.82, 2.24) is 16.0 Å². The first kappa shape index (κ1) is 30.6. The molecule has 0 aromatic heterocycles. The van der Waals surface area contributed by atoms with E-state index in [1.165, 1.54) is 31.2 Å². The quantitative estimate of drug-likeness (QED) is 0.0650. The lowest BCUT2D eigenvalue weighted by molar-refractivity contribution is -0.142. The summed E-state index contributed by atoms with van der Waals surface area (Å²) in [6.07, 6.45) is -0.460. The van der Waals surface area contributed by atoms with Crippen molar-refractivity contribution in [3.8, 4) is 5.75 Å². The second-order valence-electron chi connectivity index (χ2n) is 8.21. The molecule has 4 unspecified atom stereocenters. The summed E-state index contributed by atoms with van der Waals surface area (Å²) < 4.78 is 0. The topological polar surface area (TPSA) is 273 Å². The molecule has 0 spiro atoms. The molecular weight excluding hydrogens is 490 g/mol. The smallest absolute Gasteiger partial charge is 0.326 e.